The van der Waals surface area contributed by atoms with Crippen molar-refractivity contribution in [2.24, 2.45) is 0 Å². The van der Waals surface area contributed by atoms with Gasteiger partial charge >= 0.3 is 5.97 Å². The molecule has 1 aromatic rings. The lowest BCUT2D eigenvalue weighted by molar-refractivity contribution is -0.135. The van der Waals surface area contributed by atoms with E-state index in [0.717, 1.165) is 6.08 Å². The highest BCUT2D eigenvalue weighted by Crippen LogP contribution is 2.25. The molecule has 8 nitrogen and oxygen atoms in total. The number of hydrogen-bond acceptors (Lipinski definition) is 7. The van der Waals surface area contributed by atoms with Gasteiger partial charge in [-0.1, -0.05) is 12.1 Å². The second kappa shape index (κ2) is 10.2. The van der Waals surface area contributed by atoms with Crippen LogP contribution in [0.25, 0.3) is 0 Å². The van der Waals surface area contributed by atoms with Crippen molar-refractivity contribution in [3.8, 4) is 5.75 Å². The van der Waals surface area contributed by atoms with Crippen molar-refractivity contribution in [2.75, 3.05) is 38.8 Å². The van der Waals surface area contributed by atoms with Crippen molar-refractivity contribution in [3.05, 3.63) is 36.0 Å². The summed E-state index contributed by atoms with van der Waals surface area (Å²) in [6, 6.07) is 6.75. The summed E-state index contributed by atoms with van der Waals surface area (Å²) < 4.78 is 9.87. The molecule has 0 saturated heterocycles. The van der Waals surface area contributed by atoms with Crippen LogP contribution in [0.4, 0.5) is 5.69 Å². The van der Waals surface area contributed by atoms with Gasteiger partial charge in [-0.15, -0.1) is 0 Å². The largest absolute Gasteiger partial charge is 0.489 e. The molecule has 0 bridgehead atoms. The van der Waals surface area contributed by atoms with Crippen LogP contribution in [0.5, 0.6) is 5.75 Å². The van der Waals surface area contributed by atoms with Crippen molar-refractivity contribution < 1.29 is 29.3 Å². The molecule has 0 unspecified atom stereocenters. The summed E-state index contributed by atoms with van der Waals surface area (Å²) in [6.45, 7) is -0.253. The molecular formula is C15H20N2O6. The normalized spacial score (nSPS) is 10.8. The SMILES string of the molecule is COC(=O)C=C(Nc1ccccc1OCCO)C(=O)NCCO. The van der Waals surface area contributed by atoms with Crippen LogP contribution in [0.15, 0.2) is 36.0 Å². The van der Waals surface area contributed by atoms with E-state index in [4.69, 9.17) is 14.9 Å². The first-order valence-corrected chi connectivity index (χ1v) is 6.90. The van der Waals surface area contributed by atoms with Crippen molar-refractivity contribution in [1.29, 1.82) is 0 Å². The molecule has 1 amide bonds. The van der Waals surface area contributed by atoms with Crippen molar-refractivity contribution >= 4 is 17.6 Å². The third kappa shape index (κ3) is 6.37. The van der Waals surface area contributed by atoms with Gasteiger partial charge < -0.3 is 30.3 Å². The third-order valence-corrected chi connectivity index (χ3v) is 2.61. The predicted molar refractivity (Wildman–Crippen MR) is 82.8 cm³/mol. The Balaban J connectivity index is 2.99. The topological polar surface area (TPSA) is 117 Å². The number of carbonyl (C=O) groups is 2. The Labute approximate surface area is 133 Å². The van der Waals surface area contributed by atoms with E-state index < -0.39 is 11.9 Å². The summed E-state index contributed by atoms with van der Waals surface area (Å²) in [5, 5.41) is 22.8. The molecule has 4 N–H and O–H groups in total. The smallest absolute Gasteiger partial charge is 0.332 e. The van der Waals surface area contributed by atoms with Gasteiger partial charge in [-0.25, -0.2) is 4.79 Å². The molecule has 8 heteroatoms. The molecule has 1 aromatic carbocycles. The number of aliphatic hydroxyl groups is 2. The van der Waals surface area contributed by atoms with Crippen LogP contribution in [0.1, 0.15) is 0 Å². The summed E-state index contributed by atoms with van der Waals surface area (Å²) >= 11 is 0. The first kappa shape index (κ1) is 18.5. The minimum Gasteiger partial charge on any atom is -0.489 e. The molecule has 0 aromatic heterocycles. The number of anilines is 1. The van der Waals surface area contributed by atoms with E-state index in [-0.39, 0.29) is 32.1 Å². The fourth-order valence-electron chi connectivity index (χ4n) is 1.60. The number of ether oxygens (including phenoxy) is 2. The second-order valence-electron chi connectivity index (χ2n) is 4.25. The van der Waals surface area contributed by atoms with Crippen LogP contribution in [-0.4, -0.2) is 55.6 Å². The van der Waals surface area contributed by atoms with Gasteiger partial charge in [-0.05, 0) is 12.1 Å². The predicted octanol–water partition coefficient (Wildman–Crippen LogP) is -0.365. The average molecular weight is 324 g/mol. The number of para-hydroxylation sites is 2. The maximum absolute atomic E-state index is 12.0. The number of carbonyl (C=O) groups excluding carboxylic acids is 2. The van der Waals surface area contributed by atoms with Crippen LogP contribution in [0, 0.1) is 0 Å². The Hall–Kier alpha value is -2.58. The zero-order valence-corrected chi connectivity index (χ0v) is 12.7. The number of amides is 1. The summed E-state index contributed by atoms with van der Waals surface area (Å²) in [7, 11) is 1.19. The van der Waals surface area contributed by atoms with Gasteiger partial charge in [-0.2, -0.15) is 0 Å². The fraction of sp³-hybridized carbons (Fsp3) is 0.333. The van der Waals surface area contributed by atoms with Gasteiger partial charge in [-0.3, -0.25) is 4.79 Å². The summed E-state index contributed by atoms with van der Waals surface area (Å²) in [5.41, 5.74) is 0.376. The minimum atomic E-state index is -0.708. The molecule has 0 saturated carbocycles. The molecule has 0 aliphatic heterocycles. The van der Waals surface area contributed by atoms with E-state index in [1.807, 2.05) is 0 Å². The molecular weight excluding hydrogens is 304 g/mol. The minimum absolute atomic E-state index is 0.0433. The van der Waals surface area contributed by atoms with Crippen molar-refractivity contribution in [2.45, 2.75) is 0 Å². The standard InChI is InChI=1S/C15H20N2O6/c1-22-14(20)10-12(15(21)16-6-7-18)17-11-4-2-3-5-13(11)23-9-8-19/h2-5,10,17-19H,6-9H2,1H3,(H,16,21). The van der Waals surface area contributed by atoms with Gasteiger partial charge in [0.2, 0.25) is 0 Å². The average Bonchev–Trinajstić information content (AvgIpc) is 2.57. The monoisotopic (exact) mass is 324 g/mol. The van der Waals surface area contributed by atoms with Crippen molar-refractivity contribution in [1.82, 2.24) is 5.32 Å². The second-order valence-corrected chi connectivity index (χ2v) is 4.25. The highest BCUT2D eigenvalue weighted by Gasteiger charge is 2.14. The van der Waals surface area contributed by atoms with Crippen LogP contribution in [0.2, 0.25) is 0 Å². The van der Waals surface area contributed by atoms with Gasteiger partial charge in [0.05, 0.1) is 32.1 Å². The van der Waals surface area contributed by atoms with Crippen LogP contribution in [-0.2, 0) is 14.3 Å². The Morgan fingerprint density at radius 2 is 1.96 bits per heavy atom. The Morgan fingerprint density at radius 3 is 2.61 bits per heavy atom. The number of benzene rings is 1. The summed E-state index contributed by atoms with van der Waals surface area (Å²) in [5.74, 6) is -0.880. The number of nitrogens with one attached hydrogen (secondary N) is 2. The van der Waals surface area contributed by atoms with E-state index in [2.05, 4.69) is 15.4 Å². The van der Waals surface area contributed by atoms with Gasteiger partial charge in [0.15, 0.2) is 0 Å². The molecule has 0 atom stereocenters. The Bertz CT molecular complexity index is 559. The summed E-state index contributed by atoms with van der Waals surface area (Å²) in [4.78, 5) is 23.5. The van der Waals surface area contributed by atoms with Crippen LogP contribution >= 0.6 is 0 Å². The number of aliphatic hydroxyl groups excluding tert-OH is 2. The molecule has 0 aliphatic carbocycles. The first-order valence-electron chi connectivity index (χ1n) is 6.90. The lowest BCUT2D eigenvalue weighted by Crippen LogP contribution is -2.31. The van der Waals surface area contributed by atoms with Crippen LogP contribution < -0.4 is 15.4 Å². The van der Waals surface area contributed by atoms with Crippen molar-refractivity contribution in [3.63, 3.8) is 0 Å². The van der Waals surface area contributed by atoms with E-state index in [1.165, 1.54) is 7.11 Å². The highest BCUT2D eigenvalue weighted by atomic mass is 16.5. The molecule has 126 valence electrons. The number of hydrogen-bond donors (Lipinski definition) is 4. The molecule has 0 aliphatic rings. The van der Waals surface area contributed by atoms with Crippen LogP contribution in [0.3, 0.4) is 0 Å². The van der Waals surface area contributed by atoms with E-state index in [1.54, 1.807) is 24.3 Å². The fourth-order valence-corrected chi connectivity index (χ4v) is 1.60. The van der Waals surface area contributed by atoms with Gasteiger partial charge in [0.25, 0.3) is 5.91 Å². The molecule has 0 fully saturated rings. The molecule has 0 spiro atoms. The number of methoxy groups -OCH3 is 1. The summed E-state index contributed by atoms with van der Waals surface area (Å²) in [6.07, 6.45) is 0.996. The highest BCUT2D eigenvalue weighted by molar-refractivity contribution is 6.02. The maximum atomic E-state index is 12.0. The maximum Gasteiger partial charge on any atom is 0.332 e. The van der Waals surface area contributed by atoms with E-state index in [0.29, 0.717) is 11.4 Å². The third-order valence-electron chi connectivity index (χ3n) is 2.61. The first-order chi connectivity index (χ1) is 11.1. The van der Waals surface area contributed by atoms with E-state index in [9.17, 15) is 9.59 Å². The van der Waals surface area contributed by atoms with Gasteiger partial charge in [0, 0.05) is 6.54 Å². The Morgan fingerprint density at radius 1 is 1.22 bits per heavy atom. The molecule has 0 heterocycles. The molecule has 1 rings (SSSR count). The number of esters is 1. The van der Waals surface area contributed by atoms with Gasteiger partial charge in [0.1, 0.15) is 18.1 Å². The molecule has 23 heavy (non-hydrogen) atoms. The van der Waals surface area contributed by atoms with E-state index >= 15 is 0 Å². The number of rotatable bonds is 9. The molecule has 0 radical (unpaired) electrons. The zero-order valence-electron chi connectivity index (χ0n) is 12.7. The quantitative estimate of drug-likeness (QED) is 0.362. The zero-order chi connectivity index (χ0) is 17.1. The Kier molecular flexibility index (Phi) is 8.19. The lowest BCUT2D eigenvalue weighted by Gasteiger charge is -2.14. The lowest BCUT2D eigenvalue weighted by atomic mass is 10.2.